The summed E-state index contributed by atoms with van der Waals surface area (Å²) < 4.78 is 22.0. The number of nitrogens with one attached hydrogen (secondary N) is 1. The van der Waals surface area contributed by atoms with E-state index in [9.17, 15) is 4.79 Å². The first-order valence-electron chi connectivity index (χ1n) is 8.20. The molecule has 2 heterocycles. The third-order valence-electron chi connectivity index (χ3n) is 4.22. The van der Waals surface area contributed by atoms with Crippen LogP contribution in [0, 0.1) is 0 Å². The van der Waals surface area contributed by atoms with E-state index in [1.165, 1.54) is 6.92 Å². The maximum absolute atomic E-state index is 11.8. The van der Waals surface area contributed by atoms with Crippen molar-refractivity contribution in [1.29, 1.82) is 0 Å². The first-order valence-corrected chi connectivity index (χ1v) is 8.20. The van der Waals surface area contributed by atoms with Crippen LogP contribution in [0.5, 0.6) is 11.5 Å². The van der Waals surface area contributed by atoms with E-state index in [1.807, 2.05) is 42.5 Å². The van der Waals surface area contributed by atoms with Gasteiger partial charge in [-0.05, 0) is 29.3 Å². The summed E-state index contributed by atoms with van der Waals surface area (Å²) in [5, 5.41) is 3.00. The summed E-state index contributed by atoms with van der Waals surface area (Å²) in [5.41, 5.74) is 2.81. The summed E-state index contributed by atoms with van der Waals surface area (Å²) in [6.07, 6.45) is -0.352. The monoisotopic (exact) mass is 341 g/mol. The number of benzene rings is 2. The average Bonchev–Trinajstić information content (AvgIpc) is 3.30. The zero-order valence-corrected chi connectivity index (χ0v) is 13.9. The van der Waals surface area contributed by atoms with Crippen LogP contribution in [-0.2, 0) is 14.3 Å². The molecule has 1 fully saturated rings. The van der Waals surface area contributed by atoms with Crippen molar-refractivity contribution in [1.82, 2.24) is 5.32 Å². The second-order valence-electron chi connectivity index (χ2n) is 5.99. The molecule has 0 aromatic heterocycles. The molecule has 6 heteroatoms. The molecule has 2 aromatic rings. The van der Waals surface area contributed by atoms with Gasteiger partial charge in [0.2, 0.25) is 12.7 Å². The molecule has 4 rings (SSSR count). The highest BCUT2D eigenvalue weighted by molar-refractivity contribution is 5.74. The molecule has 6 nitrogen and oxygen atoms in total. The molecule has 0 bridgehead atoms. The van der Waals surface area contributed by atoms with Gasteiger partial charge in [-0.15, -0.1) is 0 Å². The molecule has 1 saturated heterocycles. The predicted octanol–water partition coefficient (Wildman–Crippen LogP) is 2.69. The fourth-order valence-corrected chi connectivity index (χ4v) is 3.09. The molecule has 1 unspecified atom stereocenters. The Morgan fingerprint density at radius 2 is 1.80 bits per heavy atom. The molecule has 0 radical (unpaired) electrons. The van der Waals surface area contributed by atoms with E-state index in [-0.39, 0.29) is 25.0 Å². The maximum Gasteiger partial charge on any atom is 0.231 e. The van der Waals surface area contributed by atoms with Crippen molar-refractivity contribution >= 4 is 5.91 Å². The van der Waals surface area contributed by atoms with Crippen LogP contribution in [0.15, 0.2) is 42.5 Å². The lowest BCUT2D eigenvalue weighted by atomic mass is 9.96. The standard InChI is InChI=1S/C19H19NO5/c1-12(21)20-18(14-5-6-16-17(10-14)25-11-24-16)13-3-2-4-15(9-13)19-22-7-8-23-19/h2-6,9-10,18-19H,7-8,11H2,1H3,(H,20,21). The third kappa shape index (κ3) is 3.31. The van der Waals surface area contributed by atoms with E-state index in [0.29, 0.717) is 24.7 Å². The number of amides is 1. The van der Waals surface area contributed by atoms with Crippen molar-refractivity contribution in [2.24, 2.45) is 0 Å². The summed E-state index contributed by atoms with van der Waals surface area (Å²) in [4.78, 5) is 11.8. The predicted molar refractivity (Wildman–Crippen MR) is 89.3 cm³/mol. The Bertz CT molecular complexity index is 785. The lowest BCUT2D eigenvalue weighted by Gasteiger charge is -2.21. The molecule has 0 aliphatic carbocycles. The highest BCUT2D eigenvalue weighted by Crippen LogP contribution is 2.36. The quantitative estimate of drug-likeness (QED) is 0.926. The molecule has 2 aliphatic heterocycles. The van der Waals surface area contributed by atoms with E-state index in [2.05, 4.69) is 5.32 Å². The number of carbonyl (C=O) groups excluding carboxylic acids is 1. The zero-order chi connectivity index (χ0) is 17.2. The number of hydrogen-bond donors (Lipinski definition) is 1. The van der Waals surface area contributed by atoms with Crippen molar-refractivity contribution < 1.29 is 23.7 Å². The highest BCUT2D eigenvalue weighted by Gasteiger charge is 2.23. The summed E-state index contributed by atoms with van der Waals surface area (Å²) in [7, 11) is 0. The molecule has 1 amide bonds. The van der Waals surface area contributed by atoms with Gasteiger partial charge in [0.25, 0.3) is 0 Å². The summed E-state index contributed by atoms with van der Waals surface area (Å²) >= 11 is 0. The first kappa shape index (κ1) is 15.9. The summed E-state index contributed by atoms with van der Waals surface area (Å²) in [6, 6.07) is 13.3. The summed E-state index contributed by atoms with van der Waals surface area (Å²) in [6.45, 7) is 2.90. The van der Waals surface area contributed by atoms with Gasteiger partial charge in [-0.3, -0.25) is 4.79 Å². The SMILES string of the molecule is CC(=O)NC(c1cccc(C2OCCO2)c1)c1ccc2c(c1)OCO2. The molecule has 2 aliphatic rings. The lowest BCUT2D eigenvalue weighted by molar-refractivity contribution is -0.119. The van der Waals surface area contributed by atoms with E-state index < -0.39 is 0 Å². The van der Waals surface area contributed by atoms with Crippen LogP contribution < -0.4 is 14.8 Å². The normalized spacial score (nSPS) is 17.5. The molecule has 0 saturated carbocycles. The van der Waals surface area contributed by atoms with Gasteiger partial charge in [-0.1, -0.05) is 24.3 Å². The molecule has 0 spiro atoms. The molecule has 130 valence electrons. The van der Waals surface area contributed by atoms with E-state index in [1.54, 1.807) is 0 Å². The molecular formula is C19H19NO5. The Hall–Kier alpha value is -2.57. The van der Waals surface area contributed by atoms with Gasteiger partial charge >= 0.3 is 0 Å². The lowest BCUT2D eigenvalue weighted by Crippen LogP contribution is -2.27. The molecular weight excluding hydrogens is 322 g/mol. The van der Waals surface area contributed by atoms with E-state index >= 15 is 0 Å². The topological polar surface area (TPSA) is 66.0 Å². The van der Waals surface area contributed by atoms with Crippen LogP contribution in [0.1, 0.15) is 35.9 Å². The number of rotatable bonds is 4. The Balaban J connectivity index is 1.69. The van der Waals surface area contributed by atoms with Crippen LogP contribution >= 0.6 is 0 Å². The van der Waals surface area contributed by atoms with Crippen LogP contribution in [0.2, 0.25) is 0 Å². The van der Waals surface area contributed by atoms with Gasteiger partial charge in [0.15, 0.2) is 17.8 Å². The largest absolute Gasteiger partial charge is 0.454 e. The fraction of sp³-hybridized carbons (Fsp3) is 0.316. The number of hydrogen-bond acceptors (Lipinski definition) is 5. The van der Waals surface area contributed by atoms with Crippen LogP contribution in [0.25, 0.3) is 0 Å². The van der Waals surface area contributed by atoms with Crippen molar-refractivity contribution in [3.8, 4) is 11.5 Å². The Morgan fingerprint density at radius 1 is 1.04 bits per heavy atom. The highest BCUT2D eigenvalue weighted by atomic mass is 16.7. The number of fused-ring (bicyclic) bond motifs is 1. The fourth-order valence-electron chi connectivity index (χ4n) is 3.09. The Kier molecular flexibility index (Phi) is 4.29. The second kappa shape index (κ2) is 6.74. The molecule has 1 atom stereocenters. The minimum Gasteiger partial charge on any atom is -0.454 e. The molecule has 25 heavy (non-hydrogen) atoms. The van der Waals surface area contributed by atoms with Gasteiger partial charge in [0.1, 0.15) is 0 Å². The van der Waals surface area contributed by atoms with Gasteiger partial charge in [0.05, 0.1) is 19.3 Å². The van der Waals surface area contributed by atoms with Crippen molar-refractivity contribution in [3.05, 3.63) is 59.2 Å². The molecule has 1 N–H and O–H groups in total. The third-order valence-corrected chi connectivity index (χ3v) is 4.22. The smallest absolute Gasteiger partial charge is 0.231 e. The maximum atomic E-state index is 11.8. The average molecular weight is 341 g/mol. The minimum atomic E-state index is -0.352. The summed E-state index contributed by atoms with van der Waals surface area (Å²) in [5.74, 6) is 1.29. The zero-order valence-electron chi connectivity index (χ0n) is 13.9. The Labute approximate surface area is 145 Å². The van der Waals surface area contributed by atoms with E-state index in [4.69, 9.17) is 18.9 Å². The Morgan fingerprint density at radius 3 is 2.60 bits per heavy atom. The van der Waals surface area contributed by atoms with Crippen LogP contribution in [0.4, 0.5) is 0 Å². The van der Waals surface area contributed by atoms with Gasteiger partial charge in [-0.2, -0.15) is 0 Å². The van der Waals surface area contributed by atoms with Gasteiger partial charge in [-0.25, -0.2) is 0 Å². The van der Waals surface area contributed by atoms with Crippen molar-refractivity contribution in [3.63, 3.8) is 0 Å². The van der Waals surface area contributed by atoms with Gasteiger partial charge in [0, 0.05) is 12.5 Å². The van der Waals surface area contributed by atoms with Crippen LogP contribution in [0.3, 0.4) is 0 Å². The van der Waals surface area contributed by atoms with Crippen molar-refractivity contribution in [2.75, 3.05) is 20.0 Å². The van der Waals surface area contributed by atoms with Crippen molar-refractivity contribution in [2.45, 2.75) is 19.3 Å². The van der Waals surface area contributed by atoms with E-state index in [0.717, 1.165) is 16.7 Å². The molecule has 2 aromatic carbocycles. The van der Waals surface area contributed by atoms with Crippen LogP contribution in [-0.4, -0.2) is 25.9 Å². The second-order valence-corrected chi connectivity index (χ2v) is 5.99. The number of carbonyl (C=O) groups is 1. The van der Waals surface area contributed by atoms with Gasteiger partial charge < -0.3 is 24.3 Å². The number of ether oxygens (including phenoxy) is 4. The first-order chi connectivity index (χ1) is 12.2. The minimum absolute atomic E-state index is 0.110.